The Balaban J connectivity index is 1.77. The molecule has 0 spiro atoms. The molecule has 0 unspecified atom stereocenters. The molecule has 2 heteroatoms. The van der Waals surface area contributed by atoms with Crippen molar-refractivity contribution in [1.82, 2.24) is 5.32 Å². The van der Waals surface area contributed by atoms with Crippen LogP contribution >= 0.6 is 0 Å². The quantitative estimate of drug-likeness (QED) is 0.697. The second-order valence-electron chi connectivity index (χ2n) is 4.75. The minimum absolute atomic E-state index is 0.0880. The van der Waals surface area contributed by atoms with Gasteiger partial charge in [-0.05, 0) is 38.5 Å². The van der Waals surface area contributed by atoms with Crippen LogP contribution in [-0.4, -0.2) is 23.3 Å². The molecule has 0 aromatic rings. The molecular weight excluding hydrogens is 162 g/mol. The predicted octanol–water partition coefficient (Wildman–Crippen LogP) is 1.68. The van der Waals surface area contributed by atoms with Crippen LogP contribution in [0.5, 0.6) is 0 Å². The third-order valence-corrected chi connectivity index (χ3v) is 3.54. The van der Waals surface area contributed by atoms with Gasteiger partial charge in [-0.25, -0.2) is 0 Å². The van der Waals surface area contributed by atoms with Gasteiger partial charge in [0.15, 0.2) is 0 Å². The van der Waals surface area contributed by atoms with Gasteiger partial charge in [-0.3, -0.25) is 0 Å². The fraction of sp³-hybridized carbons (Fsp3) is 1.00. The van der Waals surface area contributed by atoms with Crippen LogP contribution in [0.15, 0.2) is 0 Å². The molecule has 0 saturated heterocycles. The maximum Gasteiger partial charge on any atom is 0.0693 e. The molecule has 13 heavy (non-hydrogen) atoms. The third-order valence-electron chi connectivity index (χ3n) is 3.54. The van der Waals surface area contributed by atoms with Crippen molar-refractivity contribution in [2.24, 2.45) is 5.92 Å². The predicted molar refractivity (Wildman–Crippen MR) is 53.6 cm³/mol. The van der Waals surface area contributed by atoms with E-state index in [0.717, 1.165) is 18.8 Å². The molecule has 3 atom stereocenters. The minimum Gasteiger partial charge on any atom is -0.392 e. The molecule has 2 fully saturated rings. The van der Waals surface area contributed by atoms with E-state index < -0.39 is 0 Å². The summed E-state index contributed by atoms with van der Waals surface area (Å²) in [7, 11) is 0. The molecular formula is C11H21NO. The summed E-state index contributed by atoms with van der Waals surface area (Å²) in [5.41, 5.74) is 0. The highest BCUT2D eigenvalue weighted by Gasteiger charge is 2.31. The van der Waals surface area contributed by atoms with Gasteiger partial charge in [-0.1, -0.05) is 12.8 Å². The summed E-state index contributed by atoms with van der Waals surface area (Å²) in [6, 6.07) is 1.00. The first-order valence-electron chi connectivity index (χ1n) is 5.71. The Morgan fingerprint density at radius 3 is 2.46 bits per heavy atom. The Morgan fingerprint density at radius 1 is 1.15 bits per heavy atom. The molecule has 0 aromatic carbocycles. The second-order valence-corrected chi connectivity index (χ2v) is 4.75. The van der Waals surface area contributed by atoms with Crippen LogP contribution in [0.4, 0.5) is 0 Å². The molecule has 0 heterocycles. The summed E-state index contributed by atoms with van der Waals surface area (Å²) < 4.78 is 0. The molecule has 76 valence electrons. The maximum absolute atomic E-state index is 9.76. The molecule has 0 aromatic heterocycles. The summed E-state index contributed by atoms with van der Waals surface area (Å²) in [6.07, 6.45) is 7.33. The number of hydrogen-bond donors (Lipinski definition) is 2. The van der Waals surface area contributed by atoms with Crippen molar-refractivity contribution in [3.63, 3.8) is 0 Å². The van der Waals surface area contributed by atoms with Gasteiger partial charge in [0.05, 0.1) is 6.10 Å². The number of hydrogen-bond acceptors (Lipinski definition) is 2. The lowest BCUT2D eigenvalue weighted by Crippen LogP contribution is -2.46. The summed E-state index contributed by atoms with van der Waals surface area (Å²) >= 11 is 0. The highest BCUT2D eigenvalue weighted by atomic mass is 16.3. The Labute approximate surface area is 80.7 Å². The van der Waals surface area contributed by atoms with Gasteiger partial charge in [-0.15, -0.1) is 0 Å². The lowest BCUT2D eigenvalue weighted by atomic mass is 9.92. The number of nitrogens with one attached hydrogen (secondary N) is 1. The van der Waals surface area contributed by atoms with Crippen LogP contribution in [0.1, 0.15) is 45.4 Å². The molecule has 0 amide bonds. The number of rotatable bonds is 3. The van der Waals surface area contributed by atoms with E-state index in [0.29, 0.717) is 12.1 Å². The Kier molecular flexibility index (Phi) is 2.89. The van der Waals surface area contributed by atoms with Crippen molar-refractivity contribution in [3.8, 4) is 0 Å². The van der Waals surface area contributed by atoms with Gasteiger partial charge in [0.2, 0.25) is 0 Å². The summed E-state index contributed by atoms with van der Waals surface area (Å²) in [5, 5.41) is 13.3. The van der Waals surface area contributed by atoms with Gasteiger partial charge in [0, 0.05) is 12.1 Å². The fourth-order valence-corrected chi connectivity index (χ4v) is 2.38. The Bertz CT molecular complexity index is 167. The van der Waals surface area contributed by atoms with E-state index in [1.54, 1.807) is 0 Å². The van der Waals surface area contributed by atoms with Gasteiger partial charge in [0.1, 0.15) is 0 Å². The van der Waals surface area contributed by atoms with E-state index in [1.165, 1.54) is 25.7 Å². The van der Waals surface area contributed by atoms with Crippen molar-refractivity contribution in [1.29, 1.82) is 0 Å². The van der Waals surface area contributed by atoms with E-state index >= 15 is 0 Å². The fourth-order valence-electron chi connectivity index (χ4n) is 2.38. The average molecular weight is 183 g/mol. The smallest absolute Gasteiger partial charge is 0.0693 e. The topological polar surface area (TPSA) is 32.3 Å². The molecule has 2 aliphatic rings. The van der Waals surface area contributed by atoms with Crippen LogP contribution < -0.4 is 5.32 Å². The molecule has 2 aliphatic carbocycles. The average Bonchev–Trinajstić information content (AvgIpc) is 2.91. The van der Waals surface area contributed by atoms with Crippen LogP contribution in [0.3, 0.4) is 0 Å². The van der Waals surface area contributed by atoms with Crippen molar-refractivity contribution in [3.05, 3.63) is 0 Å². The molecule has 0 bridgehead atoms. The van der Waals surface area contributed by atoms with E-state index in [1.807, 2.05) is 0 Å². The summed E-state index contributed by atoms with van der Waals surface area (Å²) in [5.74, 6) is 0.897. The number of aliphatic hydroxyl groups excluding tert-OH is 1. The molecule has 2 saturated carbocycles. The lowest BCUT2D eigenvalue weighted by molar-refractivity contribution is 0.0845. The van der Waals surface area contributed by atoms with Gasteiger partial charge in [-0.2, -0.15) is 0 Å². The first kappa shape index (κ1) is 9.47. The summed E-state index contributed by atoms with van der Waals surface area (Å²) in [4.78, 5) is 0. The third kappa shape index (κ3) is 2.44. The monoisotopic (exact) mass is 183 g/mol. The van der Waals surface area contributed by atoms with Gasteiger partial charge >= 0.3 is 0 Å². The van der Waals surface area contributed by atoms with E-state index in [-0.39, 0.29) is 6.10 Å². The summed E-state index contributed by atoms with van der Waals surface area (Å²) in [6.45, 7) is 2.26. The minimum atomic E-state index is -0.0880. The first-order valence-corrected chi connectivity index (χ1v) is 5.71. The zero-order chi connectivity index (χ0) is 9.26. The lowest BCUT2D eigenvalue weighted by Gasteiger charge is -2.31. The van der Waals surface area contributed by atoms with Gasteiger partial charge in [0.25, 0.3) is 0 Å². The van der Waals surface area contributed by atoms with Crippen molar-refractivity contribution in [2.75, 3.05) is 0 Å². The van der Waals surface area contributed by atoms with Crippen molar-refractivity contribution < 1.29 is 5.11 Å². The van der Waals surface area contributed by atoms with Crippen LogP contribution in [-0.2, 0) is 0 Å². The largest absolute Gasteiger partial charge is 0.392 e. The second kappa shape index (κ2) is 3.97. The zero-order valence-electron chi connectivity index (χ0n) is 8.50. The van der Waals surface area contributed by atoms with Gasteiger partial charge < -0.3 is 10.4 Å². The van der Waals surface area contributed by atoms with Crippen LogP contribution in [0, 0.1) is 5.92 Å². The molecule has 2 rings (SSSR count). The Morgan fingerprint density at radius 2 is 1.85 bits per heavy atom. The van der Waals surface area contributed by atoms with E-state index in [4.69, 9.17) is 0 Å². The van der Waals surface area contributed by atoms with E-state index in [9.17, 15) is 5.11 Å². The first-order chi connectivity index (χ1) is 6.27. The molecule has 2 N–H and O–H groups in total. The highest BCUT2D eigenvalue weighted by Crippen LogP contribution is 2.33. The SMILES string of the molecule is C[C@H](N[C@@H]1CCCC[C@@H]1O)C1CC1. The molecule has 0 aliphatic heterocycles. The Hall–Kier alpha value is -0.0800. The van der Waals surface area contributed by atoms with Crippen LogP contribution in [0.2, 0.25) is 0 Å². The zero-order valence-corrected chi connectivity index (χ0v) is 8.50. The molecule has 2 nitrogen and oxygen atoms in total. The van der Waals surface area contributed by atoms with Crippen molar-refractivity contribution >= 4 is 0 Å². The van der Waals surface area contributed by atoms with Crippen molar-refractivity contribution in [2.45, 2.75) is 63.6 Å². The van der Waals surface area contributed by atoms with E-state index in [2.05, 4.69) is 12.2 Å². The standard InChI is InChI=1S/C11H21NO/c1-8(9-6-7-9)12-10-4-2-3-5-11(10)13/h8-13H,2-7H2,1H3/t8-,10+,11-/m0/s1. The maximum atomic E-state index is 9.76. The normalized spacial score (nSPS) is 37.4. The highest BCUT2D eigenvalue weighted by molar-refractivity contribution is 4.89. The van der Waals surface area contributed by atoms with Crippen LogP contribution in [0.25, 0.3) is 0 Å². The molecule has 0 radical (unpaired) electrons. The number of aliphatic hydroxyl groups is 1.